The van der Waals surface area contributed by atoms with Crippen molar-refractivity contribution in [3.05, 3.63) is 22.8 Å². The maximum absolute atomic E-state index is 12.5. The topological polar surface area (TPSA) is 46.5 Å². The minimum atomic E-state index is -1.42. The second-order valence-corrected chi connectivity index (χ2v) is 8.33. The summed E-state index contributed by atoms with van der Waals surface area (Å²) in [6.07, 6.45) is 6.36. The highest BCUT2D eigenvalue weighted by Crippen LogP contribution is 2.63. The molecule has 1 fully saturated rings. The van der Waals surface area contributed by atoms with Crippen molar-refractivity contribution >= 4 is 5.97 Å². The molecule has 0 radical (unpaired) electrons. The predicted octanol–water partition coefficient (Wildman–Crippen LogP) is 3.59. The third-order valence-corrected chi connectivity index (χ3v) is 6.93. The van der Waals surface area contributed by atoms with Crippen LogP contribution in [0.2, 0.25) is 0 Å². The molecule has 0 unspecified atom stereocenters. The van der Waals surface area contributed by atoms with E-state index >= 15 is 0 Å². The standard InChI is InChI=1S/C19H26O3/c1-10-7-13-8-12(3)14-6-5-11(2)15-16(14)19(21,22-17(15)20)18(13,4)9-10/h9,11-14,21H,5-8H2,1-4H3/t11-,12-,13-,14+,18-,19+/m0/s1. The summed E-state index contributed by atoms with van der Waals surface area (Å²) in [6, 6.07) is 0. The first-order valence-electron chi connectivity index (χ1n) is 8.66. The van der Waals surface area contributed by atoms with Crippen LogP contribution in [0.4, 0.5) is 0 Å². The van der Waals surface area contributed by atoms with Crippen molar-refractivity contribution in [2.24, 2.45) is 29.1 Å². The Morgan fingerprint density at radius 1 is 1.32 bits per heavy atom. The minimum absolute atomic E-state index is 0.201. The van der Waals surface area contributed by atoms with Crippen molar-refractivity contribution in [1.82, 2.24) is 0 Å². The van der Waals surface area contributed by atoms with Crippen molar-refractivity contribution in [2.45, 2.75) is 59.2 Å². The van der Waals surface area contributed by atoms with Crippen molar-refractivity contribution in [2.75, 3.05) is 0 Å². The van der Waals surface area contributed by atoms with Gasteiger partial charge in [-0.15, -0.1) is 0 Å². The van der Waals surface area contributed by atoms with Crippen LogP contribution >= 0.6 is 0 Å². The van der Waals surface area contributed by atoms with Gasteiger partial charge in [0, 0.05) is 11.1 Å². The van der Waals surface area contributed by atoms with Gasteiger partial charge in [0.2, 0.25) is 5.79 Å². The smallest absolute Gasteiger partial charge is 0.337 e. The lowest BCUT2D eigenvalue weighted by Crippen LogP contribution is -2.50. The van der Waals surface area contributed by atoms with Crippen LogP contribution < -0.4 is 0 Å². The molecule has 6 atom stereocenters. The molecule has 1 aliphatic heterocycles. The molecule has 4 aliphatic rings. The van der Waals surface area contributed by atoms with E-state index in [9.17, 15) is 9.90 Å². The van der Waals surface area contributed by atoms with Gasteiger partial charge in [-0.3, -0.25) is 0 Å². The third-order valence-electron chi connectivity index (χ3n) is 6.93. The summed E-state index contributed by atoms with van der Waals surface area (Å²) in [5.74, 6) is -0.365. The molecule has 1 N–H and O–H groups in total. The van der Waals surface area contributed by atoms with Gasteiger partial charge in [-0.1, -0.05) is 25.5 Å². The van der Waals surface area contributed by atoms with E-state index in [-0.39, 0.29) is 11.9 Å². The summed E-state index contributed by atoms with van der Waals surface area (Å²) in [6.45, 7) is 8.59. The Bertz CT molecular complexity index is 616. The molecular weight excluding hydrogens is 276 g/mol. The van der Waals surface area contributed by atoms with Crippen molar-refractivity contribution < 1.29 is 14.6 Å². The number of carbonyl (C=O) groups is 1. The lowest BCUT2D eigenvalue weighted by molar-refractivity contribution is -0.222. The van der Waals surface area contributed by atoms with Gasteiger partial charge in [0.1, 0.15) is 0 Å². The number of fused-ring (bicyclic) bond motifs is 2. The fourth-order valence-electron chi connectivity index (χ4n) is 5.75. The van der Waals surface area contributed by atoms with Gasteiger partial charge in [0.15, 0.2) is 0 Å². The predicted molar refractivity (Wildman–Crippen MR) is 83.7 cm³/mol. The number of hydrogen-bond acceptors (Lipinski definition) is 3. The van der Waals surface area contributed by atoms with Crippen LogP contribution in [0.25, 0.3) is 0 Å². The SMILES string of the molecule is CC1=C[C@@]2(C)[C@@H](C1)C[C@H](C)[C@H]1CC[C@H](C)C3=C1[C@@]2(O)OC3=O. The summed E-state index contributed by atoms with van der Waals surface area (Å²) in [4.78, 5) is 12.5. The number of hydrogen-bond donors (Lipinski definition) is 1. The van der Waals surface area contributed by atoms with E-state index in [0.717, 1.165) is 36.8 Å². The van der Waals surface area contributed by atoms with E-state index in [1.165, 1.54) is 5.57 Å². The maximum atomic E-state index is 12.5. The molecular formula is C19H26O3. The Morgan fingerprint density at radius 2 is 2.05 bits per heavy atom. The van der Waals surface area contributed by atoms with E-state index in [2.05, 4.69) is 33.8 Å². The first-order valence-corrected chi connectivity index (χ1v) is 8.66. The van der Waals surface area contributed by atoms with Crippen molar-refractivity contribution in [1.29, 1.82) is 0 Å². The molecule has 1 heterocycles. The molecule has 0 aromatic carbocycles. The molecule has 0 aromatic heterocycles. The van der Waals surface area contributed by atoms with Gasteiger partial charge in [-0.25, -0.2) is 4.79 Å². The molecule has 0 bridgehead atoms. The van der Waals surface area contributed by atoms with Crippen LogP contribution in [0.1, 0.15) is 53.4 Å². The summed E-state index contributed by atoms with van der Waals surface area (Å²) >= 11 is 0. The van der Waals surface area contributed by atoms with Crippen LogP contribution in [0.3, 0.4) is 0 Å². The molecule has 0 amide bonds. The fourth-order valence-corrected chi connectivity index (χ4v) is 5.75. The van der Waals surface area contributed by atoms with E-state index in [1.54, 1.807) is 0 Å². The Morgan fingerprint density at radius 3 is 2.77 bits per heavy atom. The first-order chi connectivity index (χ1) is 10.3. The summed E-state index contributed by atoms with van der Waals surface area (Å²) in [5.41, 5.74) is 2.54. The van der Waals surface area contributed by atoms with Crippen LogP contribution in [0.15, 0.2) is 22.8 Å². The minimum Gasteiger partial charge on any atom is -0.425 e. The largest absolute Gasteiger partial charge is 0.425 e. The van der Waals surface area contributed by atoms with E-state index in [4.69, 9.17) is 4.74 Å². The summed E-state index contributed by atoms with van der Waals surface area (Å²) in [7, 11) is 0. The lowest BCUT2D eigenvalue weighted by atomic mass is 9.67. The average molecular weight is 302 g/mol. The fraction of sp³-hybridized carbons (Fsp3) is 0.737. The van der Waals surface area contributed by atoms with Crippen LogP contribution in [0.5, 0.6) is 0 Å². The second kappa shape index (κ2) is 4.25. The molecule has 4 rings (SSSR count). The molecule has 0 aromatic rings. The molecule has 120 valence electrons. The Kier molecular flexibility index (Phi) is 2.80. The molecule has 3 heteroatoms. The third kappa shape index (κ3) is 1.53. The number of carbonyl (C=O) groups excluding carboxylic acids is 1. The molecule has 0 spiro atoms. The highest BCUT2D eigenvalue weighted by atomic mass is 16.7. The van der Waals surface area contributed by atoms with Gasteiger partial charge in [0.25, 0.3) is 0 Å². The highest BCUT2D eigenvalue weighted by Gasteiger charge is 2.66. The lowest BCUT2D eigenvalue weighted by Gasteiger charge is -2.42. The number of allylic oxidation sites excluding steroid dienone is 1. The van der Waals surface area contributed by atoms with E-state index in [1.807, 2.05) is 0 Å². The monoisotopic (exact) mass is 302 g/mol. The summed E-state index contributed by atoms with van der Waals surface area (Å²) < 4.78 is 5.73. The number of rotatable bonds is 0. The average Bonchev–Trinajstić information content (AvgIpc) is 2.86. The van der Waals surface area contributed by atoms with Gasteiger partial charge >= 0.3 is 5.97 Å². The van der Waals surface area contributed by atoms with Crippen LogP contribution in [-0.4, -0.2) is 16.9 Å². The molecule has 0 saturated heterocycles. The zero-order valence-corrected chi connectivity index (χ0v) is 14.0. The maximum Gasteiger partial charge on any atom is 0.337 e. The molecule has 22 heavy (non-hydrogen) atoms. The van der Waals surface area contributed by atoms with Gasteiger partial charge < -0.3 is 9.84 Å². The van der Waals surface area contributed by atoms with Gasteiger partial charge in [0.05, 0.1) is 5.41 Å². The Balaban J connectivity index is 1.98. The van der Waals surface area contributed by atoms with Crippen molar-refractivity contribution in [3.8, 4) is 0 Å². The van der Waals surface area contributed by atoms with E-state index < -0.39 is 11.2 Å². The zero-order chi connectivity index (χ0) is 15.9. The first kappa shape index (κ1) is 14.5. The normalized spacial score (nSPS) is 50.2. The quantitative estimate of drug-likeness (QED) is 0.549. The molecule has 3 aliphatic carbocycles. The molecule has 1 saturated carbocycles. The van der Waals surface area contributed by atoms with Gasteiger partial charge in [-0.2, -0.15) is 0 Å². The number of aliphatic hydroxyl groups is 1. The van der Waals surface area contributed by atoms with E-state index in [0.29, 0.717) is 17.8 Å². The second-order valence-electron chi connectivity index (χ2n) is 8.33. The zero-order valence-electron chi connectivity index (χ0n) is 14.0. The molecule has 3 nitrogen and oxygen atoms in total. The number of ether oxygens (including phenoxy) is 1. The highest BCUT2D eigenvalue weighted by molar-refractivity contribution is 5.94. The van der Waals surface area contributed by atoms with Crippen LogP contribution in [0, 0.1) is 29.1 Å². The summed E-state index contributed by atoms with van der Waals surface area (Å²) in [5, 5.41) is 11.6. The Hall–Kier alpha value is -1.09. The Labute approximate surface area is 132 Å². The van der Waals surface area contributed by atoms with Gasteiger partial charge in [-0.05, 0) is 63.2 Å². The number of esters is 1. The van der Waals surface area contributed by atoms with Crippen molar-refractivity contribution in [3.63, 3.8) is 0 Å². The van der Waals surface area contributed by atoms with Crippen LogP contribution in [-0.2, 0) is 9.53 Å².